The molecule has 3 aromatic carbocycles. The summed E-state index contributed by atoms with van der Waals surface area (Å²) in [5.41, 5.74) is 0.214. The largest absolute Gasteiger partial charge is 0.490 e. The van der Waals surface area contributed by atoms with Gasteiger partial charge in [0.1, 0.15) is 5.58 Å². The molecule has 0 N–H and O–H groups in total. The number of carbonyl (C=O) groups is 1. The molecule has 0 atom stereocenters. The molecule has 13 heteroatoms. The van der Waals surface area contributed by atoms with Crippen molar-refractivity contribution in [2.75, 3.05) is 20.3 Å². The van der Waals surface area contributed by atoms with E-state index in [1.165, 1.54) is 25.5 Å². The van der Waals surface area contributed by atoms with E-state index in [2.05, 4.69) is 14.8 Å². The summed E-state index contributed by atoms with van der Waals surface area (Å²) in [5.74, 6) is -0.600. The molecule has 0 amide bonds. The van der Waals surface area contributed by atoms with Gasteiger partial charge in [0.05, 0.1) is 35.8 Å². The van der Waals surface area contributed by atoms with E-state index in [0.29, 0.717) is 26.9 Å². The lowest BCUT2D eigenvalue weighted by Gasteiger charge is -2.12. The summed E-state index contributed by atoms with van der Waals surface area (Å²) in [6, 6.07) is 16.2. The van der Waals surface area contributed by atoms with Gasteiger partial charge in [-0.3, -0.25) is 14.9 Å². The Labute approximate surface area is 236 Å². The maximum Gasteiger partial charge on any atom is 0.343 e. The summed E-state index contributed by atoms with van der Waals surface area (Å²) in [6.07, 6.45) is 1.25. The molecule has 41 heavy (non-hydrogen) atoms. The first-order valence-electron chi connectivity index (χ1n) is 12.2. The van der Waals surface area contributed by atoms with E-state index < -0.39 is 28.7 Å². The van der Waals surface area contributed by atoms with Crippen LogP contribution in [0.1, 0.15) is 12.5 Å². The molecular weight excluding hydrogens is 556 g/mol. The SMILES string of the molecule is CCOc1cc(C=Nn2c(-c3cc4cc(Cl)ccc4o3)nc3ccccc3c2=O)cc([N+](=O)[O-])c1OCC(=O)OC. The molecule has 0 spiro atoms. The van der Waals surface area contributed by atoms with Crippen molar-refractivity contribution in [3.63, 3.8) is 0 Å². The van der Waals surface area contributed by atoms with Crippen molar-refractivity contribution in [1.82, 2.24) is 9.66 Å². The summed E-state index contributed by atoms with van der Waals surface area (Å²) in [6.45, 7) is 1.28. The Morgan fingerprint density at radius 1 is 1.17 bits per heavy atom. The molecule has 0 aliphatic rings. The Hall–Kier alpha value is -5.23. The highest BCUT2D eigenvalue weighted by atomic mass is 35.5. The number of aromatic nitrogens is 2. The topological polar surface area (TPSA) is 148 Å². The van der Waals surface area contributed by atoms with Crippen LogP contribution in [0.5, 0.6) is 11.5 Å². The predicted molar refractivity (Wildman–Crippen MR) is 151 cm³/mol. The second kappa shape index (κ2) is 11.5. The van der Waals surface area contributed by atoms with E-state index >= 15 is 0 Å². The Morgan fingerprint density at radius 2 is 1.98 bits per heavy atom. The minimum absolute atomic E-state index is 0.00502. The number of hydrogen-bond donors (Lipinski definition) is 0. The van der Waals surface area contributed by atoms with E-state index in [1.54, 1.807) is 55.5 Å². The molecule has 208 valence electrons. The average Bonchev–Trinajstić information content (AvgIpc) is 3.38. The van der Waals surface area contributed by atoms with Gasteiger partial charge in [0.2, 0.25) is 11.6 Å². The van der Waals surface area contributed by atoms with Gasteiger partial charge in [0, 0.05) is 22.0 Å². The van der Waals surface area contributed by atoms with Gasteiger partial charge in [0.15, 0.2) is 18.1 Å². The van der Waals surface area contributed by atoms with Gasteiger partial charge >= 0.3 is 11.7 Å². The third-order valence-electron chi connectivity index (χ3n) is 5.89. The molecule has 0 radical (unpaired) electrons. The first-order valence-corrected chi connectivity index (χ1v) is 12.6. The minimum Gasteiger partial charge on any atom is -0.490 e. The molecule has 0 bridgehead atoms. The molecule has 0 aliphatic heterocycles. The van der Waals surface area contributed by atoms with Crippen LogP contribution in [0.25, 0.3) is 33.5 Å². The van der Waals surface area contributed by atoms with E-state index in [9.17, 15) is 19.7 Å². The monoisotopic (exact) mass is 576 g/mol. The van der Waals surface area contributed by atoms with Crippen molar-refractivity contribution in [1.29, 1.82) is 0 Å². The number of rotatable bonds is 9. The van der Waals surface area contributed by atoms with Crippen molar-refractivity contribution in [3.05, 3.63) is 91.7 Å². The van der Waals surface area contributed by atoms with Gasteiger partial charge in [-0.15, -0.1) is 0 Å². The van der Waals surface area contributed by atoms with E-state index in [-0.39, 0.29) is 35.3 Å². The lowest BCUT2D eigenvalue weighted by Crippen LogP contribution is -2.20. The van der Waals surface area contributed by atoms with E-state index in [4.69, 9.17) is 25.5 Å². The first kappa shape index (κ1) is 27.3. The number of para-hydroxylation sites is 1. The number of carbonyl (C=O) groups excluding carboxylic acids is 1. The molecule has 0 aliphatic carbocycles. The highest BCUT2D eigenvalue weighted by molar-refractivity contribution is 6.31. The van der Waals surface area contributed by atoms with E-state index in [0.717, 1.165) is 4.68 Å². The number of methoxy groups -OCH3 is 1. The van der Waals surface area contributed by atoms with Crippen LogP contribution in [-0.4, -0.2) is 47.1 Å². The second-order valence-electron chi connectivity index (χ2n) is 8.53. The maximum atomic E-state index is 13.5. The number of benzene rings is 3. The Morgan fingerprint density at radius 3 is 2.73 bits per heavy atom. The van der Waals surface area contributed by atoms with Crippen LogP contribution in [0.2, 0.25) is 5.02 Å². The molecule has 12 nitrogen and oxygen atoms in total. The van der Waals surface area contributed by atoms with Crippen molar-refractivity contribution >= 4 is 51.3 Å². The Kier molecular flexibility index (Phi) is 7.66. The third kappa shape index (κ3) is 5.58. The summed E-state index contributed by atoms with van der Waals surface area (Å²) < 4.78 is 22.5. The minimum atomic E-state index is -0.726. The van der Waals surface area contributed by atoms with Crippen molar-refractivity contribution in [2.24, 2.45) is 5.10 Å². The Balaban J connectivity index is 1.65. The predicted octanol–water partition coefficient (Wildman–Crippen LogP) is 5.20. The third-order valence-corrected chi connectivity index (χ3v) is 6.13. The highest BCUT2D eigenvalue weighted by Crippen LogP contribution is 2.38. The van der Waals surface area contributed by atoms with Crippen molar-refractivity contribution in [3.8, 4) is 23.1 Å². The number of furan rings is 1. The number of hydrogen-bond acceptors (Lipinski definition) is 10. The lowest BCUT2D eigenvalue weighted by atomic mass is 10.2. The normalized spacial score (nSPS) is 11.3. The molecule has 0 unspecified atom stereocenters. The van der Waals surface area contributed by atoms with Crippen LogP contribution in [0.3, 0.4) is 0 Å². The van der Waals surface area contributed by atoms with Crippen LogP contribution in [0.4, 0.5) is 5.69 Å². The summed E-state index contributed by atoms with van der Waals surface area (Å²) in [7, 11) is 1.17. The maximum absolute atomic E-state index is 13.5. The fraction of sp³-hybridized carbons (Fsp3) is 0.143. The van der Waals surface area contributed by atoms with Gasteiger partial charge < -0.3 is 18.6 Å². The standard InChI is InChI=1S/C28H21ClN4O8/c1-3-39-23-11-16(10-21(33(36)37)26(23)40-15-25(34)38-2)14-30-32-27(31-20-7-5-4-6-19(20)28(32)35)24-13-17-12-18(29)8-9-22(17)41-24/h4-14H,3,15H2,1-2H3. The number of ether oxygens (including phenoxy) is 3. The van der Waals surface area contributed by atoms with Crippen LogP contribution in [0, 0.1) is 10.1 Å². The fourth-order valence-corrected chi connectivity index (χ4v) is 4.24. The smallest absolute Gasteiger partial charge is 0.343 e. The first-order chi connectivity index (χ1) is 19.8. The summed E-state index contributed by atoms with van der Waals surface area (Å²) >= 11 is 6.12. The average molecular weight is 577 g/mol. The lowest BCUT2D eigenvalue weighted by molar-refractivity contribution is -0.385. The quantitative estimate of drug-likeness (QED) is 0.0998. The molecule has 0 saturated heterocycles. The van der Waals surface area contributed by atoms with Crippen LogP contribution < -0.4 is 15.0 Å². The van der Waals surface area contributed by atoms with Crippen molar-refractivity contribution < 1.29 is 28.3 Å². The number of nitro benzene ring substituents is 1. The second-order valence-corrected chi connectivity index (χ2v) is 8.97. The molecule has 0 saturated carbocycles. The summed E-state index contributed by atoms with van der Waals surface area (Å²) in [4.78, 5) is 40.9. The number of nitro groups is 1. The fourth-order valence-electron chi connectivity index (χ4n) is 4.06. The molecule has 2 aromatic heterocycles. The molecule has 5 rings (SSSR count). The number of nitrogens with zero attached hydrogens (tertiary/aromatic N) is 4. The molecule has 0 fully saturated rings. The molecular formula is C28H21ClN4O8. The number of esters is 1. The van der Waals surface area contributed by atoms with E-state index in [1.807, 2.05) is 0 Å². The van der Waals surface area contributed by atoms with Gasteiger partial charge in [-0.1, -0.05) is 23.7 Å². The summed E-state index contributed by atoms with van der Waals surface area (Å²) in [5, 5.41) is 17.8. The van der Waals surface area contributed by atoms with Crippen LogP contribution in [0.15, 0.2) is 75.0 Å². The number of halogens is 1. The van der Waals surface area contributed by atoms with Crippen LogP contribution >= 0.6 is 11.6 Å². The zero-order valence-corrected chi connectivity index (χ0v) is 22.5. The van der Waals surface area contributed by atoms with Gasteiger partial charge in [0.25, 0.3) is 5.56 Å². The molecule has 5 aromatic rings. The molecule has 2 heterocycles. The number of fused-ring (bicyclic) bond motifs is 2. The highest BCUT2D eigenvalue weighted by Gasteiger charge is 2.24. The van der Waals surface area contributed by atoms with Gasteiger partial charge in [-0.05, 0) is 49.4 Å². The van der Waals surface area contributed by atoms with Gasteiger partial charge in [-0.2, -0.15) is 9.78 Å². The van der Waals surface area contributed by atoms with Crippen molar-refractivity contribution in [2.45, 2.75) is 6.92 Å². The van der Waals surface area contributed by atoms with Gasteiger partial charge in [-0.25, -0.2) is 9.78 Å². The zero-order valence-electron chi connectivity index (χ0n) is 21.7. The Bertz CT molecular complexity index is 1900. The zero-order chi connectivity index (χ0) is 29.1. The van der Waals surface area contributed by atoms with Crippen LogP contribution in [-0.2, 0) is 9.53 Å².